The zero-order valence-electron chi connectivity index (χ0n) is 13.6. The van der Waals surface area contributed by atoms with Crippen LogP contribution < -0.4 is 4.74 Å². The second kappa shape index (κ2) is 7.64. The number of halogens is 2. The molecule has 0 bridgehead atoms. The summed E-state index contributed by atoms with van der Waals surface area (Å²) in [5.74, 6) is 0.741. The van der Waals surface area contributed by atoms with Crippen LogP contribution in [0.3, 0.4) is 0 Å². The molecule has 0 saturated carbocycles. The van der Waals surface area contributed by atoms with Gasteiger partial charge in [0.05, 0.1) is 21.9 Å². The van der Waals surface area contributed by atoms with Crippen LogP contribution in [0.5, 0.6) is 5.75 Å². The molecular weight excluding hydrogens is 381 g/mol. The molecule has 0 amide bonds. The van der Waals surface area contributed by atoms with Crippen molar-refractivity contribution in [1.29, 1.82) is 0 Å². The summed E-state index contributed by atoms with van der Waals surface area (Å²) in [4.78, 5) is 12.6. The molecule has 0 spiro atoms. The summed E-state index contributed by atoms with van der Waals surface area (Å²) in [5.41, 5.74) is 1.13. The molecule has 1 aromatic carbocycles. The average Bonchev–Trinajstić information content (AvgIpc) is 2.98. The lowest BCUT2D eigenvalue weighted by molar-refractivity contribution is 0.0994. The van der Waals surface area contributed by atoms with Crippen LogP contribution in [-0.2, 0) is 0 Å². The van der Waals surface area contributed by atoms with E-state index in [1.165, 1.54) is 11.8 Å². The SMILES string of the molecule is CCOc1ccc(C(=O)[C@@H](C)Sc2nnc3c(Cl)cc(Cl)cn23)cc1. The predicted molar refractivity (Wildman–Crippen MR) is 100 cm³/mol. The molecule has 130 valence electrons. The van der Waals surface area contributed by atoms with Gasteiger partial charge in [0.15, 0.2) is 16.6 Å². The summed E-state index contributed by atoms with van der Waals surface area (Å²) in [5, 5.41) is 9.27. The fourth-order valence-corrected chi connectivity index (χ4v) is 3.72. The molecule has 0 aliphatic rings. The Morgan fingerprint density at radius 3 is 2.68 bits per heavy atom. The number of thioether (sulfide) groups is 1. The van der Waals surface area contributed by atoms with E-state index in [0.29, 0.717) is 33.0 Å². The monoisotopic (exact) mass is 395 g/mol. The van der Waals surface area contributed by atoms with Gasteiger partial charge in [-0.3, -0.25) is 9.20 Å². The number of carbonyl (C=O) groups is 1. The number of nitrogens with zero attached hydrogens (tertiary/aromatic N) is 3. The summed E-state index contributed by atoms with van der Waals surface area (Å²) >= 11 is 13.5. The summed E-state index contributed by atoms with van der Waals surface area (Å²) < 4.78 is 7.09. The molecule has 2 heterocycles. The number of ether oxygens (including phenoxy) is 1. The fraction of sp³-hybridized carbons (Fsp3) is 0.235. The van der Waals surface area contributed by atoms with Crippen molar-refractivity contribution in [2.45, 2.75) is 24.3 Å². The number of benzene rings is 1. The molecule has 3 rings (SSSR count). The number of fused-ring (bicyclic) bond motifs is 1. The van der Waals surface area contributed by atoms with E-state index in [0.717, 1.165) is 5.75 Å². The van der Waals surface area contributed by atoms with Crippen LogP contribution >= 0.6 is 35.0 Å². The number of carbonyl (C=O) groups excluding carboxylic acids is 1. The summed E-state index contributed by atoms with van der Waals surface area (Å²) in [6.07, 6.45) is 1.68. The lowest BCUT2D eigenvalue weighted by Crippen LogP contribution is -2.14. The van der Waals surface area contributed by atoms with Crippen molar-refractivity contribution in [1.82, 2.24) is 14.6 Å². The first-order chi connectivity index (χ1) is 12.0. The average molecular weight is 396 g/mol. The third kappa shape index (κ3) is 3.92. The third-order valence-electron chi connectivity index (χ3n) is 3.50. The van der Waals surface area contributed by atoms with Gasteiger partial charge in [0.2, 0.25) is 0 Å². The van der Waals surface area contributed by atoms with Gasteiger partial charge in [-0.2, -0.15) is 0 Å². The smallest absolute Gasteiger partial charge is 0.196 e. The van der Waals surface area contributed by atoms with Gasteiger partial charge in [-0.1, -0.05) is 35.0 Å². The van der Waals surface area contributed by atoms with Crippen molar-refractivity contribution in [3.8, 4) is 5.75 Å². The maximum atomic E-state index is 12.6. The zero-order valence-corrected chi connectivity index (χ0v) is 15.9. The number of hydrogen-bond donors (Lipinski definition) is 0. The Balaban J connectivity index is 1.79. The second-order valence-electron chi connectivity index (χ2n) is 5.26. The Hall–Kier alpha value is -1.76. The fourth-order valence-electron chi connectivity index (χ4n) is 2.31. The van der Waals surface area contributed by atoms with Crippen LogP contribution in [0, 0.1) is 0 Å². The zero-order chi connectivity index (χ0) is 18.0. The predicted octanol–water partition coefficient (Wildman–Crippen LogP) is 4.80. The number of hydrogen-bond acceptors (Lipinski definition) is 5. The summed E-state index contributed by atoms with van der Waals surface area (Å²) in [6.45, 7) is 4.33. The Morgan fingerprint density at radius 1 is 1.28 bits per heavy atom. The van der Waals surface area contributed by atoms with Crippen molar-refractivity contribution in [3.05, 3.63) is 52.1 Å². The van der Waals surface area contributed by atoms with E-state index < -0.39 is 0 Å². The number of rotatable bonds is 6. The van der Waals surface area contributed by atoms with Crippen LogP contribution in [0.15, 0.2) is 41.7 Å². The molecule has 0 N–H and O–H groups in total. The molecule has 5 nitrogen and oxygen atoms in total. The van der Waals surface area contributed by atoms with Gasteiger partial charge in [0.1, 0.15) is 5.75 Å². The molecule has 0 saturated heterocycles. The Labute approximate surface area is 159 Å². The number of aromatic nitrogens is 3. The lowest BCUT2D eigenvalue weighted by Gasteiger charge is -2.10. The maximum Gasteiger partial charge on any atom is 0.196 e. The first kappa shape index (κ1) is 18.0. The van der Waals surface area contributed by atoms with Crippen molar-refractivity contribution >= 4 is 46.4 Å². The first-order valence-electron chi connectivity index (χ1n) is 7.63. The molecule has 25 heavy (non-hydrogen) atoms. The molecule has 0 fully saturated rings. The van der Waals surface area contributed by atoms with Gasteiger partial charge in [-0.15, -0.1) is 10.2 Å². The molecule has 0 aliphatic heterocycles. The van der Waals surface area contributed by atoms with Gasteiger partial charge in [-0.05, 0) is 44.2 Å². The van der Waals surface area contributed by atoms with E-state index in [1.807, 2.05) is 13.8 Å². The molecule has 0 aliphatic carbocycles. The molecular formula is C17H15Cl2N3O2S. The van der Waals surface area contributed by atoms with Gasteiger partial charge >= 0.3 is 0 Å². The lowest BCUT2D eigenvalue weighted by atomic mass is 10.1. The Morgan fingerprint density at radius 2 is 2.00 bits per heavy atom. The second-order valence-corrected chi connectivity index (χ2v) is 7.42. The minimum atomic E-state index is -0.344. The Kier molecular flexibility index (Phi) is 5.51. The highest BCUT2D eigenvalue weighted by Crippen LogP contribution is 2.29. The van der Waals surface area contributed by atoms with Gasteiger partial charge in [0, 0.05) is 11.8 Å². The van der Waals surface area contributed by atoms with E-state index in [-0.39, 0.29) is 11.0 Å². The van der Waals surface area contributed by atoms with E-state index in [1.54, 1.807) is 40.9 Å². The standard InChI is InChI=1S/C17H15Cl2N3O2S/c1-3-24-13-6-4-11(5-7-13)15(23)10(2)25-17-21-20-16-14(19)8-12(18)9-22(16)17/h4-10H,3H2,1-2H3/t10-/m1/s1. The molecule has 0 radical (unpaired) electrons. The number of Topliss-reactive ketones (excluding diaryl/α,β-unsaturated/α-hetero) is 1. The minimum Gasteiger partial charge on any atom is -0.494 e. The quantitative estimate of drug-likeness (QED) is 0.443. The molecule has 3 aromatic rings. The number of ketones is 1. The summed E-state index contributed by atoms with van der Waals surface area (Å²) in [6, 6.07) is 8.72. The topological polar surface area (TPSA) is 56.5 Å². The van der Waals surface area contributed by atoms with Crippen molar-refractivity contribution < 1.29 is 9.53 Å². The van der Waals surface area contributed by atoms with Gasteiger partial charge < -0.3 is 4.74 Å². The normalized spacial score (nSPS) is 12.3. The molecule has 8 heteroatoms. The molecule has 0 unspecified atom stereocenters. The highest BCUT2D eigenvalue weighted by Gasteiger charge is 2.20. The van der Waals surface area contributed by atoms with Crippen LogP contribution in [0.25, 0.3) is 5.65 Å². The number of pyridine rings is 1. The van der Waals surface area contributed by atoms with Gasteiger partial charge in [-0.25, -0.2) is 0 Å². The first-order valence-corrected chi connectivity index (χ1v) is 9.26. The van der Waals surface area contributed by atoms with E-state index in [4.69, 9.17) is 27.9 Å². The summed E-state index contributed by atoms with van der Waals surface area (Å²) in [7, 11) is 0. The van der Waals surface area contributed by atoms with Crippen molar-refractivity contribution in [3.63, 3.8) is 0 Å². The molecule has 2 aromatic heterocycles. The Bertz CT molecular complexity index is 912. The van der Waals surface area contributed by atoms with E-state index >= 15 is 0 Å². The molecule has 1 atom stereocenters. The van der Waals surface area contributed by atoms with Gasteiger partial charge in [0.25, 0.3) is 0 Å². The minimum absolute atomic E-state index is 0.00192. The van der Waals surface area contributed by atoms with Crippen LogP contribution in [-0.4, -0.2) is 32.2 Å². The highest BCUT2D eigenvalue weighted by molar-refractivity contribution is 8.00. The van der Waals surface area contributed by atoms with E-state index in [2.05, 4.69) is 10.2 Å². The largest absolute Gasteiger partial charge is 0.494 e. The van der Waals surface area contributed by atoms with E-state index in [9.17, 15) is 4.79 Å². The van der Waals surface area contributed by atoms with Crippen molar-refractivity contribution in [2.24, 2.45) is 0 Å². The van der Waals surface area contributed by atoms with Crippen molar-refractivity contribution in [2.75, 3.05) is 6.61 Å². The van der Waals surface area contributed by atoms with Crippen LogP contribution in [0.1, 0.15) is 24.2 Å². The van der Waals surface area contributed by atoms with Crippen LogP contribution in [0.4, 0.5) is 0 Å². The third-order valence-corrected chi connectivity index (χ3v) is 5.04. The maximum absolute atomic E-state index is 12.6. The van der Waals surface area contributed by atoms with Crippen LogP contribution in [0.2, 0.25) is 10.0 Å². The highest BCUT2D eigenvalue weighted by atomic mass is 35.5.